The van der Waals surface area contributed by atoms with Crippen molar-refractivity contribution >= 4 is 26.7 Å². The number of halogens is 2. The molecule has 5 nitrogen and oxygen atoms in total. The first-order chi connectivity index (χ1) is 8.36. The molecule has 0 saturated carbocycles. The summed E-state index contributed by atoms with van der Waals surface area (Å²) in [4.78, 5) is 10.4. The molecule has 0 fully saturated rings. The van der Waals surface area contributed by atoms with Crippen LogP contribution >= 0.6 is 0 Å². The largest absolute Gasteiger partial charge is 0.460 e. The highest BCUT2D eigenvalue weighted by Crippen LogP contribution is 2.29. The zero-order chi connectivity index (χ0) is 13.5. The Morgan fingerprint density at radius 1 is 1.39 bits per heavy atom. The number of carbonyl (C=O) groups is 1. The van der Waals surface area contributed by atoms with E-state index in [-0.39, 0.29) is 16.5 Å². The van der Waals surface area contributed by atoms with Gasteiger partial charge in [0.15, 0.2) is 17.4 Å². The quantitative estimate of drug-likeness (QED) is 0.915. The van der Waals surface area contributed by atoms with Crippen LogP contribution in [0.25, 0.3) is 11.0 Å². The van der Waals surface area contributed by atoms with Crippen LogP contribution in [0.15, 0.2) is 27.7 Å². The minimum atomic E-state index is -4.22. The van der Waals surface area contributed by atoms with Crippen LogP contribution in [0.5, 0.6) is 0 Å². The van der Waals surface area contributed by atoms with Crippen molar-refractivity contribution in [1.82, 2.24) is 0 Å². The normalized spacial score (nSPS) is 11.9. The summed E-state index contributed by atoms with van der Waals surface area (Å²) in [6.45, 7) is 0. The predicted molar refractivity (Wildman–Crippen MR) is 57.9 cm³/mol. The summed E-state index contributed by atoms with van der Waals surface area (Å²) in [6, 6.07) is 0.219. The molecule has 0 saturated heterocycles. The molecule has 0 unspecified atom stereocenters. The molecule has 2 N–H and O–H groups in total. The number of hydrogen-bond acceptors (Lipinski definition) is 4. The fourth-order valence-electron chi connectivity index (χ4n) is 1.51. The predicted octanol–water partition coefficient (Wildman–Crippen LogP) is 1.37. The maximum atomic E-state index is 13.5. The maximum absolute atomic E-state index is 13.5. The van der Waals surface area contributed by atoms with Crippen LogP contribution in [0.1, 0.15) is 10.4 Å². The number of rotatable bonds is 3. The van der Waals surface area contributed by atoms with Crippen molar-refractivity contribution in [3.63, 3.8) is 0 Å². The van der Waals surface area contributed by atoms with Crippen molar-refractivity contribution in [3.05, 3.63) is 29.8 Å². The topological polar surface area (TPSA) is 90.4 Å². The Hall–Kier alpha value is -1.96. The van der Waals surface area contributed by atoms with Crippen molar-refractivity contribution in [2.75, 3.05) is 6.01 Å². The van der Waals surface area contributed by atoms with Gasteiger partial charge in [-0.3, -0.25) is 4.79 Å². The van der Waals surface area contributed by atoms with Crippen LogP contribution < -0.4 is 5.73 Å². The van der Waals surface area contributed by atoms with E-state index < -0.39 is 32.5 Å². The molecule has 0 atom stereocenters. The van der Waals surface area contributed by atoms with Gasteiger partial charge < -0.3 is 10.2 Å². The van der Waals surface area contributed by atoms with Gasteiger partial charge in [-0.15, -0.1) is 0 Å². The van der Waals surface area contributed by atoms with E-state index in [1.54, 1.807) is 0 Å². The summed E-state index contributed by atoms with van der Waals surface area (Å²) < 4.78 is 53.4. The number of amides is 1. The summed E-state index contributed by atoms with van der Waals surface area (Å²) in [5, 5.41) is -0.207. The second kappa shape index (κ2) is 4.05. The van der Waals surface area contributed by atoms with E-state index in [1.807, 2.05) is 0 Å². The lowest BCUT2D eigenvalue weighted by Crippen LogP contribution is -2.11. The molecule has 0 aliphatic heterocycles. The molecule has 1 aromatic carbocycles. The third-order valence-corrected chi connectivity index (χ3v) is 3.63. The summed E-state index contributed by atoms with van der Waals surface area (Å²) in [5.74, 6) is -1.87. The first-order valence-corrected chi connectivity index (χ1v) is 6.31. The molecule has 2 aromatic rings. The van der Waals surface area contributed by atoms with Gasteiger partial charge in [0.2, 0.25) is 15.7 Å². The highest BCUT2D eigenvalue weighted by atomic mass is 32.2. The zero-order valence-electron chi connectivity index (χ0n) is 8.81. The standard InChI is InChI=1S/C10H7F2NO4S/c11-4-18(15,16)8-3-17-9-6(8)1-5(10(13)14)2-7(9)12/h1-3H,4H2,(H2,13,14). The van der Waals surface area contributed by atoms with E-state index in [0.29, 0.717) is 0 Å². The van der Waals surface area contributed by atoms with Gasteiger partial charge in [0, 0.05) is 10.9 Å². The smallest absolute Gasteiger partial charge is 0.248 e. The van der Waals surface area contributed by atoms with E-state index in [9.17, 15) is 22.0 Å². The molecule has 0 bridgehead atoms. The monoisotopic (exact) mass is 275 g/mol. The van der Waals surface area contributed by atoms with Gasteiger partial charge in [-0.2, -0.15) is 0 Å². The highest BCUT2D eigenvalue weighted by Gasteiger charge is 2.23. The minimum absolute atomic E-state index is 0.207. The molecule has 1 aromatic heterocycles. The van der Waals surface area contributed by atoms with E-state index in [1.165, 1.54) is 0 Å². The van der Waals surface area contributed by atoms with Gasteiger partial charge in [0.1, 0.15) is 11.2 Å². The maximum Gasteiger partial charge on any atom is 0.248 e. The summed E-state index contributed by atoms with van der Waals surface area (Å²) in [6.07, 6.45) is 0.730. The molecule has 1 amide bonds. The third-order valence-electron chi connectivity index (χ3n) is 2.36. The Morgan fingerprint density at radius 2 is 2.06 bits per heavy atom. The van der Waals surface area contributed by atoms with E-state index >= 15 is 0 Å². The molecule has 0 aliphatic carbocycles. The third kappa shape index (κ3) is 1.84. The lowest BCUT2D eigenvalue weighted by atomic mass is 10.1. The molecule has 18 heavy (non-hydrogen) atoms. The highest BCUT2D eigenvalue weighted by molar-refractivity contribution is 7.91. The van der Waals surface area contributed by atoms with Crippen LogP contribution in [0.4, 0.5) is 8.78 Å². The van der Waals surface area contributed by atoms with Crippen molar-refractivity contribution in [1.29, 1.82) is 0 Å². The van der Waals surface area contributed by atoms with Crippen LogP contribution in [0.3, 0.4) is 0 Å². The molecule has 0 spiro atoms. The molecular weight excluding hydrogens is 268 g/mol. The van der Waals surface area contributed by atoms with Crippen molar-refractivity contribution in [2.45, 2.75) is 4.90 Å². The first kappa shape index (κ1) is 12.5. The zero-order valence-corrected chi connectivity index (χ0v) is 9.63. The van der Waals surface area contributed by atoms with Gasteiger partial charge in [-0.05, 0) is 12.1 Å². The van der Waals surface area contributed by atoms with Gasteiger partial charge in [0.25, 0.3) is 0 Å². The van der Waals surface area contributed by atoms with Crippen LogP contribution in [0.2, 0.25) is 0 Å². The van der Waals surface area contributed by atoms with Gasteiger partial charge >= 0.3 is 0 Å². The second-order valence-electron chi connectivity index (χ2n) is 3.52. The van der Waals surface area contributed by atoms with E-state index in [4.69, 9.17) is 10.2 Å². The number of carbonyl (C=O) groups excluding carboxylic acids is 1. The number of alkyl halides is 1. The van der Waals surface area contributed by atoms with E-state index in [2.05, 4.69) is 0 Å². The summed E-state index contributed by atoms with van der Waals surface area (Å²) >= 11 is 0. The Bertz CT molecular complexity index is 736. The lowest BCUT2D eigenvalue weighted by molar-refractivity contribution is 0.1000. The van der Waals surface area contributed by atoms with Crippen LogP contribution in [-0.4, -0.2) is 20.3 Å². The number of hydrogen-bond donors (Lipinski definition) is 1. The van der Waals surface area contributed by atoms with Crippen molar-refractivity contribution < 1.29 is 26.4 Å². The Kier molecular flexibility index (Phi) is 2.81. The molecule has 96 valence electrons. The number of sulfone groups is 1. The summed E-state index contributed by atoms with van der Waals surface area (Å²) in [5.41, 5.74) is 4.38. The van der Waals surface area contributed by atoms with Crippen molar-refractivity contribution in [3.8, 4) is 0 Å². The molecule has 1 heterocycles. The number of benzene rings is 1. The lowest BCUT2D eigenvalue weighted by Gasteiger charge is -1.99. The Morgan fingerprint density at radius 3 is 2.61 bits per heavy atom. The fraction of sp³-hybridized carbons (Fsp3) is 0.100. The molecule has 0 radical (unpaired) electrons. The summed E-state index contributed by atoms with van der Waals surface area (Å²) in [7, 11) is -4.22. The molecule has 8 heteroatoms. The number of furan rings is 1. The number of fused-ring (bicyclic) bond motifs is 1. The SMILES string of the molecule is NC(=O)c1cc(F)c2occ(S(=O)(=O)CF)c2c1. The molecule has 2 rings (SSSR count). The van der Waals surface area contributed by atoms with Crippen molar-refractivity contribution in [2.24, 2.45) is 5.73 Å². The molecule has 0 aliphatic rings. The van der Waals surface area contributed by atoms with Crippen LogP contribution in [-0.2, 0) is 9.84 Å². The van der Waals surface area contributed by atoms with Crippen LogP contribution in [0, 0.1) is 5.82 Å². The van der Waals surface area contributed by atoms with Gasteiger partial charge in [-0.25, -0.2) is 17.2 Å². The van der Waals surface area contributed by atoms with E-state index in [0.717, 1.165) is 18.4 Å². The average Bonchev–Trinajstić information content (AvgIpc) is 2.73. The number of primary amides is 1. The Labute approximate surface area is 100 Å². The first-order valence-electron chi connectivity index (χ1n) is 4.66. The average molecular weight is 275 g/mol. The second-order valence-corrected chi connectivity index (χ2v) is 5.41. The number of nitrogens with two attached hydrogens (primary N) is 1. The Balaban J connectivity index is 2.84. The fourth-order valence-corrected chi connectivity index (χ4v) is 2.31. The minimum Gasteiger partial charge on any atom is -0.460 e. The van der Waals surface area contributed by atoms with Gasteiger partial charge in [-0.1, -0.05) is 0 Å². The molecular formula is C10H7F2NO4S. The van der Waals surface area contributed by atoms with Gasteiger partial charge in [0.05, 0.1) is 0 Å².